The summed E-state index contributed by atoms with van der Waals surface area (Å²) in [6, 6.07) is 5.57. The van der Waals surface area contributed by atoms with Crippen molar-refractivity contribution in [1.29, 1.82) is 0 Å². The third kappa shape index (κ3) is 3.61. The summed E-state index contributed by atoms with van der Waals surface area (Å²) in [7, 11) is -0.450. The molecule has 0 fully saturated rings. The smallest absolute Gasteiger partial charge is 0.281 e. The average molecular weight is 439 g/mol. The molecule has 0 bridgehead atoms. The first-order valence-corrected chi connectivity index (χ1v) is 11.5. The summed E-state index contributed by atoms with van der Waals surface area (Å²) in [6.45, 7) is 0.627. The number of nitrogens with one attached hydrogen (secondary N) is 2. The maximum atomic E-state index is 12.5. The minimum absolute atomic E-state index is 0.258. The number of hydrogen-bond donors (Lipinski definition) is 2. The van der Waals surface area contributed by atoms with Crippen molar-refractivity contribution in [2.24, 2.45) is 0 Å². The summed E-state index contributed by atoms with van der Waals surface area (Å²) in [4.78, 5) is 18.8. The van der Waals surface area contributed by atoms with Crippen molar-refractivity contribution in [3.05, 3.63) is 39.8 Å². The number of hydrogen-bond acceptors (Lipinski definition) is 7. The van der Waals surface area contributed by atoms with Crippen molar-refractivity contribution in [2.75, 3.05) is 26.0 Å². The Bertz CT molecular complexity index is 1100. The number of carbonyl (C=O) groups is 1. The number of fused-ring (bicyclic) bond motifs is 1. The van der Waals surface area contributed by atoms with E-state index in [2.05, 4.69) is 20.5 Å². The molecule has 0 aliphatic carbocycles. The summed E-state index contributed by atoms with van der Waals surface area (Å²) in [5.74, 6) is -0.358. The van der Waals surface area contributed by atoms with Crippen LogP contribution in [0.4, 0.5) is 5.13 Å². The molecule has 3 aromatic rings. The van der Waals surface area contributed by atoms with Gasteiger partial charge in [0.1, 0.15) is 0 Å². The summed E-state index contributed by atoms with van der Waals surface area (Å²) >= 11 is 2.85. The van der Waals surface area contributed by atoms with Crippen LogP contribution in [-0.4, -0.2) is 58.8 Å². The van der Waals surface area contributed by atoms with E-state index in [9.17, 15) is 13.2 Å². The van der Waals surface area contributed by atoms with E-state index < -0.39 is 10.2 Å². The van der Waals surface area contributed by atoms with Crippen molar-refractivity contribution < 1.29 is 13.2 Å². The summed E-state index contributed by atoms with van der Waals surface area (Å²) in [6.07, 6.45) is 0.514. The van der Waals surface area contributed by atoms with Gasteiger partial charge in [0, 0.05) is 31.9 Å². The molecule has 28 heavy (non-hydrogen) atoms. The largest absolute Gasteiger partial charge is 0.296 e. The SMILES string of the molecule is CN(C)S(=O)(=O)N1CCc2nc(NC(=O)c3cc(-c4cccs4)[nH]n3)sc2C1. The van der Waals surface area contributed by atoms with Crippen LogP contribution in [0.25, 0.3) is 10.6 Å². The fraction of sp³-hybridized carbons (Fsp3) is 0.312. The lowest BCUT2D eigenvalue weighted by Crippen LogP contribution is -2.42. The first-order valence-electron chi connectivity index (χ1n) is 8.41. The van der Waals surface area contributed by atoms with E-state index in [0.717, 1.165) is 21.1 Å². The van der Waals surface area contributed by atoms with Crippen LogP contribution < -0.4 is 5.32 Å². The fourth-order valence-corrected chi connectivity index (χ4v) is 5.68. The molecule has 4 heterocycles. The topological polar surface area (TPSA) is 111 Å². The third-order valence-corrected chi connectivity index (χ3v) is 8.09. The van der Waals surface area contributed by atoms with Crippen LogP contribution in [0.3, 0.4) is 0 Å². The zero-order valence-electron chi connectivity index (χ0n) is 15.2. The zero-order chi connectivity index (χ0) is 19.9. The third-order valence-electron chi connectivity index (χ3n) is 4.30. The van der Waals surface area contributed by atoms with Crippen LogP contribution in [0, 0.1) is 0 Å². The van der Waals surface area contributed by atoms with Crippen molar-refractivity contribution in [1.82, 2.24) is 23.8 Å². The number of H-pyrrole nitrogens is 1. The second-order valence-corrected chi connectivity index (χ2v) is 10.5. The van der Waals surface area contributed by atoms with Crippen LogP contribution in [0.5, 0.6) is 0 Å². The van der Waals surface area contributed by atoms with Crippen LogP contribution >= 0.6 is 22.7 Å². The van der Waals surface area contributed by atoms with E-state index in [1.165, 1.54) is 34.0 Å². The van der Waals surface area contributed by atoms with Gasteiger partial charge in [0.25, 0.3) is 16.1 Å². The zero-order valence-corrected chi connectivity index (χ0v) is 17.6. The lowest BCUT2D eigenvalue weighted by atomic mass is 10.2. The molecular weight excluding hydrogens is 420 g/mol. The number of amides is 1. The molecule has 1 amide bonds. The molecule has 0 saturated carbocycles. The van der Waals surface area contributed by atoms with Gasteiger partial charge in [0.2, 0.25) is 0 Å². The minimum atomic E-state index is -3.47. The molecule has 0 atom stereocenters. The predicted molar refractivity (Wildman–Crippen MR) is 109 cm³/mol. The van der Waals surface area contributed by atoms with Gasteiger partial charge >= 0.3 is 0 Å². The van der Waals surface area contributed by atoms with Gasteiger partial charge in [-0.25, -0.2) is 4.98 Å². The van der Waals surface area contributed by atoms with Crippen LogP contribution in [0.1, 0.15) is 21.1 Å². The van der Waals surface area contributed by atoms with E-state index in [1.54, 1.807) is 17.4 Å². The second kappa shape index (κ2) is 7.37. The van der Waals surface area contributed by atoms with Gasteiger partial charge in [-0.15, -0.1) is 22.7 Å². The maximum absolute atomic E-state index is 12.5. The average Bonchev–Trinajstić information content (AvgIpc) is 3.39. The quantitative estimate of drug-likeness (QED) is 0.633. The van der Waals surface area contributed by atoms with Gasteiger partial charge in [0.05, 0.1) is 22.8 Å². The van der Waals surface area contributed by atoms with Gasteiger partial charge in [-0.2, -0.15) is 22.1 Å². The number of nitrogens with zero attached hydrogens (tertiary/aromatic N) is 4. The summed E-state index contributed by atoms with van der Waals surface area (Å²) in [5, 5.41) is 12.1. The van der Waals surface area contributed by atoms with E-state index in [1.807, 2.05) is 17.5 Å². The standard InChI is InChI=1S/C16H18N6O3S3/c1-21(2)28(24,25)22-6-5-10-14(9-22)27-16(17-10)18-15(23)12-8-11(19-20-12)13-4-3-7-26-13/h3-4,7-8H,5-6,9H2,1-2H3,(H,19,20)(H,17,18,23). The predicted octanol–water partition coefficient (Wildman–Crippen LogP) is 2.01. The molecular formula is C16H18N6O3S3. The Morgan fingerprint density at radius 2 is 2.21 bits per heavy atom. The fourth-order valence-electron chi connectivity index (χ4n) is 2.81. The number of aromatic amines is 1. The van der Waals surface area contributed by atoms with Crippen molar-refractivity contribution in [3.8, 4) is 10.6 Å². The molecule has 1 aliphatic rings. The molecule has 0 unspecified atom stereocenters. The van der Waals surface area contributed by atoms with Gasteiger partial charge in [0.15, 0.2) is 10.8 Å². The number of rotatable bonds is 5. The van der Waals surface area contributed by atoms with Crippen LogP contribution in [0.2, 0.25) is 0 Å². The molecule has 9 nitrogen and oxygen atoms in total. The highest BCUT2D eigenvalue weighted by molar-refractivity contribution is 7.86. The number of thiazole rings is 1. The molecule has 3 aromatic heterocycles. The van der Waals surface area contributed by atoms with E-state index in [4.69, 9.17) is 0 Å². The Labute approximate surface area is 170 Å². The Morgan fingerprint density at radius 1 is 1.39 bits per heavy atom. The minimum Gasteiger partial charge on any atom is -0.296 e. The van der Waals surface area contributed by atoms with E-state index in [0.29, 0.717) is 18.1 Å². The molecule has 2 N–H and O–H groups in total. The molecule has 12 heteroatoms. The number of carbonyl (C=O) groups excluding carboxylic acids is 1. The first-order chi connectivity index (χ1) is 13.3. The highest BCUT2D eigenvalue weighted by Gasteiger charge is 2.30. The van der Waals surface area contributed by atoms with Crippen molar-refractivity contribution in [3.63, 3.8) is 0 Å². The number of thiophene rings is 1. The molecule has 0 spiro atoms. The number of aromatic nitrogens is 3. The molecule has 1 aliphatic heterocycles. The Balaban J connectivity index is 1.47. The highest BCUT2D eigenvalue weighted by atomic mass is 32.2. The highest BCUT2D eigenvalue weighted by Crippen LogP contribution is 2.30. The van der Waals surface area contributed by atoms with E-state index >= 15 is 0 Å². The Hall–Kier alpha value is -2.12. The second-order valence-electron chi connectivity index (χ2n) is 6.36. The van der Waals surface area contributed by atoms with Crippen molar-refractivity contribution in [2.45, 2.75) is 13.0 Å². The molecule has 4 rings (SSSR count). The Kier molecular flexibility index (Phi) is 5.05. The normalized spacial score (nSPS) is 15.0. The molecule has 0 radical (unpaired) electrons. The van der Waals surface area contributed by atoms with Gasteiger partial charge < -0.3 is 0 Å². The lowest BCUT2D eigenvalue weighted by Gasteiger charge is -2.27. The van der Waals surface area contributed by atoms with Gasteiger partial charge in [-0.3, -0.25) is 15.2 Å². The van der Waals surface area contributed by atoms with Gasteiger partial charge in [-0.05, 0) is 17.5 Å². The van der Waals surface area contributed by atoms with Gasteiger partial charge in [-0.1, -0.05) is 6.07 Å². The maximum Gasteiger partial charge on any atom is 0.281 e. The lowest BCUT2D eigenvalue weighted by molar-refractivity contribution is 0.102. The number of anilines is 1. The first kappa shape index (κ1) is 19.2. The van der Waals surface area contributed by atoms with Crippen molar-refractivity contribution >= 4 is 43.9 Å². The van der Waals surface area contributed by atoms with Crippen LogP contribution in [0.15, 0.2) is 23.6 Å². The molecule has 148 valence electrons. The molecule has 0 aromatic carbocycles. The van der Waals surface area contributed by atoms with E-state index in [-0.39, 0.29) is 18.1 Å². The monoisotopic (exact) mass is 438 g/mol. The summed E-state index contributed by atoms with van der Waals surface area (Å²) in [5.41, 5.74) is 1.88. The Morgan fingerprint density at radius 3 is 2.93 bits per heavy atom. The molecule has 0 saturated heterocycles. The summed E-state index contributed by atoms with van der Waals surface area (Å²) < 4.78 is 27.3. The van der Waals surface area contributed by atoms with Crippen LogP contribution in [-0.2, 0) is 23.2 Å².